The highest BCUT2D eigenvalue weighted by Crippen LogP contribution is 2.21. The summed E-state index contributed by atoms with van der Waals surface area (Å²) in [5.74, 6) is -3.87. The third-order valence-electron chi connectivity index (χ3n) is 4.03. The molecule has 29 heavy (non-hydrogen) atoms. The van der Waals surface area contributed by atoms with E-state index >= 15 is 0 Å². The number of hydrogen-bond donors (Lipinski definition) is 2. The average Bonchev–Trinajstić information content (AvgIpc) is 2.91. The second-order valence-electron chi connectivity index (χ2n) is 6.74. The number of amides is 1. The topological polar surface area (TPSA) is 97.5 Å². The first-order valence-corrected chi connectivity index (χ1v) is 8.88. The van der Waals surface area contributed by atoms with Crippen molar-refractivity contribution in [1.82, 2.24) is 4.98 Å². The molecular formula is C20H22F2N2O5. The molecule has 0 aliphatic heterocycles. The second-order valence-corrected chi connectivity index (χ2v) is 6.74. The molecular weight excluding hydrogens is 386 g/mol. The van der Waals surface area contributed by atoms with Gasteiger partial charge in [-0.15, -0.1) is 0 Å². The van der Waals surface area contributed by atoms with E-state index in [4.69, 9.17) is 9.47 Å². The van der Waals surface area contributed by atoms with Gasteiger partial charge in [0.25, 0.3) is 5.91 Å². The maximum atomic E-state index is 13.6. The first-order chi connectivity index (χ1) is 13.5. The molecule has 2 rings (SSSR count). The molecule has 1 atom stereocenters. The predicted octanol–water partition coefficient (Wildman–Crippen LogP) is 3.66. The molecule has 0 aliphatic rings. The third kappa shape index (κ3) is 5.18. The van der Waals surface area contributed by atoms with E-state index in [1.165, 1.54) is 6.92 Å². The highest BCUT2D eigenvalue weighted by atomic mass is 19.1. The lowest BCUT2D eigenvalue weighted by Crippen LogP contribution is -2.30. The van der Waals surface area contributed by atoms with Gasteiger partial charge >= 0.3 is 11.9 Å². The number of anilines is 1. The van der Waals surface area contributed by atoms with Crippen LogP contribution in [0.15, 0.2) is 18.2 Å². The number of halogens is 2. The monoisotopic (exact) mass is 408 g/mol. The van der Waals surface area contributed by atoms with Gasteiger partial charge in [0.2, 0.25) is 0 Å². The lowest BCUT2D eigenvalue weighted by molar-refractivity contribution is -0.123. The van der Waals surface area contributed by atoms with Crippen molar-refractivity contribution in [3.63, 3.8) is 0 Å². The van der Waals surface area contributed by atoms with E-state index in [-0.39, 0.29) is 23.0 Å². The van der Waals surface area contributed by atoms with E-state index in [1.807, 2.05) is 0 Å². The number of aromatic amines is 1. The summed E-state index contributed by atoms with van der Waals surface area (Å²) in [5, 5.41) is 2.16. The van der Waals surface area contributed by atoms with Gasteiger partial charge in [-0.05, 0) is 52.3 Å². The van der Waals surface area contributed by atoms with Crippen LogP contribution < -0.4 is 5.32 Å². The summed E-state index contributed by atoms with van der Waals surface area (Å²) in [7, 11) is 0. The normalized spacial score (nSPS) is 11.9. The van der Waals surface area contributed by atoms with Crippen molar-refractivity contribution < 1.29 is 32.6 Å². The van der Waals surface area contributed by atoms with Crippen LogP contribution in [0.2, 0.25) is 0 Å². The van der Waals surface area contributed by atoms with Crippen LogP contribution in [0.4, 0.5) is 14.5 Å². The Kier molecular flexibility index (Phi) is 6.73. The number of aryl methyl sites for hydroxylation is 1. The Balaban J connectivity index is 2.12. The summed E-state index contributed by atoms with van der Waals surface area (Å²) in [6.45, 7) is 7.83. The molecule has 0 bridgehead atoms. The van der Waals surface area contributed by atoms with Crippen LogP contribution in [0, 0.1) is 25.5 Å². The van der Waals surface area contributed by atoms with Gasteiger partial charge < -0.3 is 19.8 Å². The Hall–Kier alpha value is -3.23. The summed E-state index contributed by atoms with van der Waals surface area (Å²) < 4.78 is 37.1. The van der Waals surface area contributed by atoms with E-state index in [2.05, 4.69) is 10.3 Å². The Labute approximate surface area is 166 Å². The fourth-order valence-electron chi connectivity index (χ4n) is 2.63. The Morgan fingerprint density at radius 3 is 2.31 bits per heavy atom. The number of esters is 2. The standard InChI is InChI=1S/C20H22F2N2O5/c1-9(2)28-19(26)16-10(3)17(23-11(16)4)20(27)29-12(5)18(25)24-15-8-13(21)6-7-14(15)22/h6-9,12,23H,1-5H3,(H,24,25)/t12-/m0/s1. The van der Waals surface area contributed by atoms with Gasteiger partial charge in [0.05, 0.1) is 17.4 Å². The number of H-pyrrole nitrogens is 1. The van der Waals surface area contributed by atoms with Crippen molar-refractivity contribution >= 4 is 23.5 Å². The quantitative estimate of drug-likeness (QED) is 0.711. The van der Waals surface area contributed by atoms with E-state index < -0.39 is 35.6 Å². The zero-order valence-corrected chi connectivity index (χ0v) is 16.7. The van der Waals surface area contributed by atoms with Gasteiger partial charge in [-0.2, -0.15) is 0 Å². The number of carbonyl (C=O) groups is 3. The van der Waals surface area contributed by atoms with E-state index in [0.717, 1.165) is 18.2 Å². The van der Waals surface area contributed by atoms with Crippen LogP contribution >= 0.6 is 0 Å². The summed E-state index contributed by atoms with van der Waals surface area (Å²) in [5.41, 5.74) is 0.573. The maximum Gasteiger partial charge on any atom is 0.355 e. The zero-order valence-electron chi connectivity index (χ0n) is 16.7. The molecule has 0 fully saturated rings. The number of hydrogen-bond acceptors (Lipinski definition) is 5. The molecule has 2 aromatic rings. The molecule has 0 saturated carbocycles. The summed E-state index contributed by atoms with van der Waals surface area (Å²) in [6, 6.07) is 2.59. The Morgan fingerprint density at radius 2 is 1.69 bits per heavy atom. The number of aromatic nitrogens is 1. The van der Waals surface area contributed by atoms with Crippen molar-refractivity contribution in [3.05, 3.63) is 52.3 Å². The van der Waals surface area contributed by atoms with Gasteiger partial charge in [-0.1, -0.05) is 0 Å². The molecule has 0 saturated heterocycles. The molecule has 0 radical (unpaired) electrons. The second kappa shape index (κ2) is 8.85. The van der Waals surface area contributed by atoms with E-state index in [9.17, 15) is 23.2 Å². The summed E-state index contributed by atoms with van der Waals surface area (Å²) in [6.07, 6.45) is -1.64. The molecule has 1 heterocycles. The van der Waals surface area contributed by atoms with Crippen LogP contribution in [0.25, 0.3) is 0 Å². The van der Waals surface area contributed by atoms with Crippen molar-refractivity contribution in [1.29, 1.82) is 0 Å². The van der Waals surface area contributed by atoms with E-state index in [1.54, 1.807) is 27.7 Å². The largest absolute Gasteiger partial charge is 0.459 e. The van der Waals surface area contributed by atoms with E-state index in [0.29, 0.717) is 11.3 Å². The number of ether oxygens (including phenoxy) is 2. The fraction of sp³-hybridized carbons (Fsp3) is 0.350. The Morgan fingerprint density at radius 1 is 1.03 bits per heavy atom. The number of carbonyl (C=O) groups excluding carboxylic acids is 3. The molecule has 7 nitrogen and oxygen atoms in total. The molecule has 0 spiro atoms. The molecule has 1 aromatic heterocycles. The molecule has 1 amide bonds. The van der Waals surface area contributed by atoms with Crippen LogP contribution in [0.5, 0.6) is 0 Å². The first-order valence-electron chi connectivity index (χ1n) is 8.88. The van der Waals surface area contributed by atoms with Gasteiger partial charge in [0, 0.05) is 11.8 Å². The number of nitrogens with one attached hydrogen (secondary N) is 2. The van der Waals surface area contributed by atoms with Crippen LogP contribution in [-0.2, 0) is 14.3 Å². The fourth-order valence-corrected chi connectivity index (χ4v) is 2.63. The van der Waals surface area contributed by atoms with Crippen molar-refractivity contribution in [2.24, 2.45) is 0 Å². The highest BCUT2D eigenvalue weighted by Gasteiger charge is 2.27. The van der Waals surface area contributed by atoms with Gasteiger partial charge in [-0.25, -0.2) is 18.4 Å². The van der Waals surface area contributed by atoms with Crippen molar-refractivity contribution in [3.8, 4) is 0 Å². The van der Waals surface area contributed by atoms with Crippen LogP contribution in [-0.4, -0.2) is 35.0 Å². The first kappa shape index (κ1) is 22.1. The van der Waals surface area contributed by atoms with Gasteiger partial charge in [-0.3, -0.25) is 4.79 Å². The minimum absolute atomic E-state index is 0.00482. The van der Waals surface area contributed by atoms with Gasteiger partial charge in [0.1, 0.15) is 17.3 Å². The van der Waals surface area contributed by atoms with Gasteiger partial charge in [0.15, 0.2) is 6.10 Å². The molecule has 156 valence electrons. The van der Waals surface area contributed by atoms with Crippen LogP contribution in [0.1, 0.15) is 52.9 Å². The maximum absolute atomic E-state index is 13.6. The third-order valence-corrected chi connectivity index (χ3v) is 4.03. The smallest absolute Gasteiger partial charge is 0.355 e. The SMILES string of the molecule is Cc1[nH]c(C(=O)O[C@@H](C)C(=O)Nc2cc(F)ccc2F)c(C)c1C(=O)OC(C)C. The molecule has 0 unspecified atom stereocenters. The lowest BCUT2D eigenvalue weighted by atomic mass is 10.1. The lowest BCUT2D eigenvalue weighted by Gasteiger charge is -2.14. The minimum atomic E-state index is -1.31. The minimum Gasteiger partial charge on any atom is -0.459 e. The average molecular weight is 408 g/mol. The summed E-state index contributed by atoms with van der Waals surface area (Å²) >= 11 is 0. The molecule has 2 N–H and O–H groups in total. The molecule has 9 heteroatoms. The molecule has 1 aromatic carbocycles. The number of benzene rings is 1. The van der Waals surface area contributed by atoms with Crippen molar-refractivity contribution in [2.45, 2.75) is 46.8 Å². The predicted molar refractivity (Wildman–Crippen MR) is 101 cm³/mol. The van der Waals surface area contributed by atoms with Crippen molar-refractivity contribution in [2.75, 3.05) is 5.32 Å². The highest BCUT2D eigenvalue weighted by molar-refractivity contribution is 6.00. The Bertz CT molecular complexity index is 953. The van der Waals surface area contributed by atoms with Crippen LogP contribution in [0.3, 0.4) is 0 Å². The molecule has 0 aliphatic carbocycles. The number of rotatable bonds is 6. The zero-order chi connectivity index (χ0) is 21.9. The summed E-state index contributed by atoms with van der Waals surface area (Å²) in [4.78, 5) is 39.6.